The molecule has 3 amide bonds. The Morgan fingerprint density at radius 1 is 1.25 bits per heavy atom. The van der Waals surface area contributed by atoms with Crippen molar-refractivity contribution in [1.82, 2.24) is 4.72 Å². The molecule has 1 saturated heterocycles. The number of nitrogens with zero attached hydrogens (tertiary/aromatic N) is 1. The summed E-state index contributed by atoms with van der Waals surface area (Å²) in [4.78, 5) is 24.7. The molecule has 0 aromatic heterocycles. The molecular weight excluding hydrogens is 378 g/mol. The van der Waals surface area contributed by atoms with Crippen LogP contribution in [-0.4, -0.2) is 32.6 Å². The predicted octanol–water partition coefficient (Wildman–Crippen LogP) is 2.49. The predicted molar refractivity (Wildman–Crippen MR) is 107 cm³/mol. The second-order valence-electron chi connectivity index (χ2n) is 8.74. The topological polar surface area (TPSA) is 108 Å². The molecule has 3 aliphatic rings. The lowest BCUT2D eigenvalue weighted by molar-refractivity contribution is -0.123. The highest BCUT2D eigenvalue weighted by Crippen LogP contribution is 2.38. The first kappa shape index (κ1) is 19.4. The quantitative estimate of drug-likeness (QED) is 0.718. The van der Waals surface area contributed by atoms with E-state index in [-0.39, 0.29) is 12.2 Å². The lowest BCUT2D eigenvalue weighted by Crippen LogP contribution is -2.28. The summed E-state index contributed by atoms with van der Waals surface area (Å²) in [6, 6.07) is 1.60. The fourth-order valence-electron chi connectivity index (χ4n) is 4.68. The molecule has 3 N–H and O–H groups in total. The van der Waals surface area contributed by atoms with Crippen LogP contribution in [0, 0.1) is 5.92 Å². The molecule has 1 heterocycles. The van der Waals surface area contributed by atoms with Crippen molar-refractivity contribution in [2.45, 2.75) is 64.4 Å². The van der Waals surface area contributed by atoms with Gasteiger partial charge >= 0.3 is 6.03 Å². The van der Waals surface area contributed by atoms with E-state index in [9.17, 15) is 18.9 Å². The number of fused-ring (bicyclic) bond motifs is 2. The Labute approximate surface area is 165 Å². The lowest BCUT2D eigenvalue weighted by atomic mass is 9.95. The molecule has 0 bridgehead atoms. The average molecular weight is 406 g/mol. The van der Waals surface area contributed by atoms with Gasteiger partial charge in [-0.2, -0.15) is 0 Å². The molecule has 4 rings (SSSR count). The average Bonchev–Trinajstić information content (AvgIpc) is 3.25. The molecule has 0 spiro atoms. The maximum Gasteiger partial charge on any atom is 0.354 e. The van der Waals surface area contributed by atoms with Gasteiger partial charge in [0.05, 0.1) is 17.3 Å². The third-order valence-corrected chi connectivity index (χ3v) is 7.57. The van der Waals surface area contributed by atoms with E-state index >= 15 is 0 Å². The van der Waals surface area contributed by atoms with Gasteiger partial charge < -0.3 is 10.4 Å². The number of aryl methyl sites for hydroxylation is 2. The number of hydrogen-bond acceptors (Lipinski definition) is 4. The first-order valence-corrected chi connectivity index (χ1v) is 11.6. The largest absolute Gasteiger partial charge is 0.390 e. The van der Waals surface area contributed by atoms with Crippen LogP contribution in [0.25, 0.3) is 0 Å². The maximum absolute atomic E-state index is 12.9. The van der Waals surface area contributed by atoms with Gasteiger partial charge in [-0.05, 0) is 81.0 Å². The Bertz CT molecular complexity index is 938. The number of urea groups is 1. The number of hydrogen-bond donors (Lipinski definition) is 3. The van der Waals surface area contributed by atoms with E-state index < -0.39 is 33.4 Å². The summed E-state index contributed by atoms with van der Waals surface area (Å²) >= 11 is 0. The summed E-state index contributed by atoms with van der Waals surface area (Å²) in [5.41, 5.74) is 4.72. The second-order valence-corrected chi connectivity index (χ2v) is 10.7. The molecule has 0 radical (unpaired) electrons. The van der Waals surface area contributed by atoms with Gasteiger partial charge in [0.25, 0.3) is 0 Å². The third kappa shape index (κ3) is 3.80. The van der Waals surface area contributed by atoms with E-state index in [0.29, 0.717) is 0 Å². The van der Waals surface area contributed by atoms with E-state index in [2.05, 4.69) is 20.5 Å². The summed E-state index contributed by atoms with van der Waals surface area (Å²) in [5, 5.41) is 12.8. The zero-order valence-electron chi connectivity index (χ0n) is 16.3. The Hall–Kier alpha value is -1.93. The molecule has 2 unspecified atom stereocenters. The van der Waals surface area contributed by atoms with E-state index in [1.807, 2.05) is 0 Å². The molecule has 1 aliphatic heterocycles. The first-order valence-electron chi connectivity index (χ1n) is 9.90. The van der Waals surface area contributed by atoms with Gasteiger partial charge in [-0.15, -0.1) is 4.36 Å². The van der Waals surface area contributed by atoms with Crippen molar-refractivity contribution < 1.29 is 18.9 Å². The Balaban J connectivity index is 1.57. The lowest BCUT2D eigenvalue weighted by Gasteiger charge is -2.19. The number of amides is 3. The zero-order chi connectivity index (χ0) is 20.1. The minimum atomic E-state index is -3.17. The van der Waals surface area contributed by atoms with Crippen LogP contribution < -0.4 is 10.0 Å². The van der Waals surface area contributed by atoms with E-state index in [0.717, 1.165) is 44.2 Å². The van der Waals surface area contributed by atoms with Gasteiger partial charge in [0.1, 0.15) is 9.92 Å². The number of benzene rings is 1. The molecule has 152 valence electrons. The van der Waals surface area contributed by atoms with E-state index in [1.165, 1.54) is 22.3 Å². The van der Waals surface area contributed by atoms with Crippen LogP contribution in [0.15, 0.2) is 10.4 Å². The molecule has 0 saturated carbocycles. The summed E-state index contributed by atoms with van der Waals surface area (Å²) in [6.45, 7) is 3.20. The highest BCUT2D eigenvalue weighted by Gasteiger charge is 2.38. The van der Waals surface area contributed by atoms with Crippen LogP contribution in [0.2, 0.25) is 0 Å². The molecule has 2 atom stereocenters. The Morgan fingerprint density at radius 2 is 1.86 bits per heavy atom. The minimum absolute atomic E-state index is 0.0613. The van der Waals surface area contributed by atoms with Crippen LogP contribution in [0.4, 0.5) is 10.5 Å². The summed E-state index contributed by atoms with van der Waals surface area (Å²) in [7, 11) is -3.17. The van der Waals surface area contributed by atoms with Crippen molar-refractivity contribution in [1.29, 1.82) is 0 Å². The van der Waals surface area contributed by atoms with Gasteiger partial charge in [0.2, 0.25) is 5.91 Å². The minimum Gasteiger partial charge on any atom is -0.390 e. The van der Waals surface area contributed by atoms with Gasteiger partial charge in [-0.3, -0.25) is 9.52 Å². The standard InChI is InChI=1S/C20H27N3O4S/c1-20(2,26)10-14-11-28(27,22-18(14)24)23-19(25)21-17-15-7-3-5-12(15)9-13-6-4-8-16(13)17/h9,14,26H,3-8,10-11H2,1-2H3,(H2,21,22,23,24,25,27). The summed E-state index contributed by atoms with van der Waals surface area (Å²) in [5.74, 6) is -1.10. The molecule has 1 aromatic rings. The van der Waals surface area contributed by atoms with Crippen molar-refractivity contribution in [3.05, 3.63) is 28.3 Å². The third-order valence-electron chi connectivity index (χ3n) is 5.74. The Kier molecular flexibility index (Phi) is 4.74. The van der Waals surface area contributed by atoms with Crippen molar-refractivity contribution in [2.75, 3.05) is 11.1 Å². The molecule has 8 heteroatoms. The van der Waals surface area contributed by atoms with Gasteiger partial charge in [-0.1, -0.05) is 6.07 Å². The molecule has 1 fully saturated rings. The van der Waals surface area contributed by atoms with Gasteiger partial charge in [0.15, 0.2) is 0 Å². The van der Waals surface area contributed by atoms with Crippen molar-refractivity contribution in [2.24, 2.45) is 10.3 Å². The van der Waals surface area contributed by atoms with Crippen molar-refractivity contribution >= 4 is 27.5 Å². The monoisotopic (exact) mass is 405 g/mol. The molecule has 7 nitrogen and oxygen atoms in total. The van der Waals surface area contributed by atoms with Crippen LogP contribution in [0.1, 0.15) is 55.4 Å². The maximum atomic E-state index is 12.9. The summed E-state index contributed by atoms with van der Waals surface area (Å²) in [6.07, 6.45) is 6.22. The molecule has 28 heavy (non-hydrogen) atoms. The number of anilines is 1. The number of carbonyl (C=O) groups excluding carboxylic acids is 2. The fourth-order valence-corrected chi connectivity index (χ4v) is 6.49. The fraction of sp³-hybridized carbons (Fsp3) is 0.600. The van der Waals surface area contributed by atoms with Crippen LogP contribution >= 0.6 is 0 Å². The van der Waals surface area contributed by atoms with Crippen LogP contribution in [-0.2, 0) is 40.4 Å². The number of aliphatic hydroxyl groups is 1. The number of rotatable bonds is 3. The van der Waals surface area contributed by atoms with Crippen molar-refractivity contribution in [3.63, 3.8) is 0 Å². The molecule has 1 aromatic carbocycles. The molecule has 2 aliphatic carbocycles. The second kappa shape index (κ2) is 6.84. The van der Waals surface area contributed by atoms with Gasteiger partial charge in [0, 0.05) is 5.69 Å². The Morgan fingerprint density at radius 3 is 2.43 bits per heavy atom. The number of nitrogens with one attached hydrogen (secondary N) is 2. The zero-order valence-corrected chi connectivity index (χ0v) is 17.2. The summed E-state index contributed by atoms with van der Waals surface area (Å²) < 4.78 is 19.1. The molecular formula is C20H27N3O4S. The SMILES string of the molecule is CC(C)(O)CC1CS(=O)(=NC(=O)Nc2c3c(cc4c2CCC4)CCC3)NC1=O. The van der Waals surface area contributed by atoms with E-state index in [1.54, 1.807) is 13.8 Å². The van der Waals surface area contributed by atoms with Crippen LogP contribution in [0.3, 0.4) is 0 Å². The highest BCUT2D eigenvalue weighted by molar-refractivity contribution is 7.93. The highest BCUT2D eigenvalue weighted by atomic mass is 32.2. The van der Waals surface area contributed by atoms with Crippen LogP contribution in [0.5, 0.6) is 0 Å². The first-order chi connectivity index (χ1) is 13.1. The van der Waals surface area contributed by atoms with Gasteiger partial charge in [-0.25, -0.2) is 9.00 Å². The number of carbonyl (C=O) groups is 2. The smallest absolute Gasteiger partial charge is 0.354 e. The van der Waals surface area contributed by atoms with E-state index in [4.69, 9.17) is 0 Å². The normalized spacial score (nSPS) is 26.0. The van der Waals surface area contributed by atoms with Crippen molar-refractivity contribution in [3.8, 4) is 0 Å².